The van der Waals surface area contributed by atoms with Gasteiger partial charge in [-0.25, -0.2) is 19.3 Å². The van der Waals surface area contributed by atoms with Gasteiger partial charge in [0.05, 0.1) is 16.9 Å². The van der Waals surface area contributed by atoms with E-state index < -0.39 is 5.82 Å². The molecule has 2 aromatic heterocycles. The molecule has 2 heterocycles. The van der Waals surface area contributed by atoms with Gasteiger partial charge >= 0.3 is 0 Å². The van der Waals surface area contributed by atoms with Crippen molar-refractivity contribution < 1.29 is 5.76 Å². The second-order valence-electron chi connectivity index (χ2n) is 3.14. The molecule has 2 N–H and O–H groups in total. The first kappa shape index (κ1) is 9.47. The summed E-state index contributed by atoms with van der Waals surface area (Å²) in [6, 6.07) is 1.27. The molecule has 0 amide bonds. The molecule has 0 aliphatic rings. The van der Waals surface area contributed by atoms with E-state index in [0.717, 1.165) is 6.20 Å². The molecule has 0 fully saturated rings. The monoisotopic (exact) mass is 239 g/mol. The summed E-state index contributed by atoms with van der Waals surface area (Å²) < 4.78 is 20.3. The Kier molecular flexibility index (Phi) is 2.61. The van der Waals surface area contributed by atoms with Gasteiger partial charge in [-0.3, -0.25) is 0 Å². The molecule has 0 unspecified atom stereocenters. The molecule has 0 saturated heterocycles. The van der Waals surface area contributed by atoms with Crippen molar-refractivity contribution in [3.8, 4) is 0 Å². The standard InChI is InChI=1S/C10H8ClFN4/c11-8-4-14-5-16-9(8)2-6-1-7(12)3-15-10(6)13/h1,3-5H,2H2,(H2,13,15)/i5D. The van der Waals surface area contributed by atoms with Gasteiger partial charge < -0.3 is 5.73 Å². The van der Waals surface area contributed by atoms with E-state index in [4.69, 9.17) is 18.7 Å². The van der Waals surface area contributed by atoms with Crippen molar-refractivity contribution >= 4 is 17.4 Å². The number of halogens is 2. The zero-order valence-electron chi connectivity index (χ0n) is 9.11. The predicted octanol–water partition coefficient (Wildman–Crippen LogP) is 1.84. The summed E-state index contributed by atoms with van der Waals surface area (Å²) >= 11 is 5.87. The lowest BCUT2D eigenvalue weighted by Crippen LogP contribution is -2.01. The quantitative estimate of drug-likeness (QED) is 0.869. The summed E-state index contributed by atoms with van der Waals surface area (Å²) in [6.45, 7) is 0. The highest BCUT2D eigenvalue weighted by Crippen LogP contribution is 2.18. The van der Waals surface area contributed by atoms with Gasteiger partial charge in [-0.15, -0.1) is 0 Å². The van der Waals surface area contributed by atoms with Gasteiger partial charge in [0, 0.05) is 18.2 Å². The Labute approximate surface area is 97.7 Å². The number of pyridine rings is 1. The summed E-state index contributed by atoms with van der Waals surface area (Å²) in [6.07, 6.45) is 2.43. The molecule has 0 bridgehead atoms. The van der Waals surface area contributed by atoms with Crippen LogP contribution in [-0.2, 0) is 6.42 Å². The van der Waals surface area contributed by atoms with Crippen LogP contribution < -0.4 is 5.73 Å². The number of nitrogens with zero attached hydrogens (tertiary/aromatic N) is 3. The number of nitrogen functional groups attached to an aromatic ring is 1. The first-order valence-corrected chi connectivity index (χ1v) is 4.82. The van der Waals surface area contributed by atoms with Crippen LogP contribution in [0.4, 0.5) is 10.2 Å². The third-order valence-electron chi connectivity index (χ3n) is 2.02. The molecule has 0 radical (unpaired) electrons. The van der Waals surface area contributed by atoms with E-state index in [0.29, 0.717) is 16.3 Å². The molecule has 2 aromatic rings. The van der Waals surface area contributed by atoms with E-state index in [1.165, 1.54) is 12.3 Å². The molecule has 0 aromatic carbocycles. The van der Waals surface area contributed by atoms with Crippen molar-refractivity contribution in [3.63, 3.8) is 0 Å². The number of aromatic nitrogens is 3. The van der Waals surface area contributed by atoms with E-state index in [1.807, 2.05) is 0 Å². The predicted molar refractivity (Wildman–Crippen MR) is 58.5 cm³/mol. The average molecular weight is 240 g/mol. The third-order valence-corrected chi connectivity index (χ3v) is 2.34. The summed E-state index contributed by atoms with van der Waals surface area (Å²) in [7, 11) is 0. The topological polar surface area (TPSA) is 64.7 Å². The summed E-state index contributed by atoms with van der Waals surface area (Å²) in [5, 5.41) is 0.310. The number of nitrogens with two attached hydrogens (primary N) is 1. The Hall–Kier alpha value is -1.75. The molecule has 82 valence electrons. The molecule has 0 saturated carbocycles. The average Bonchev–Trinajstić information content (AvgIpc) is 2.28. The first-order valence-electron chi connectivity index (χ1n) is 4.94. The van der Waals surface area contributed by atoms with Crippen LogP contribution in [0.25, 0.3) is 0 Å². The van der Waals surface area contributed by atoms with Crippen LogP contribution in [0.5, 0.6) is 0 Å². The van der Waals surface area contributed by atoms with Crippen molar-refractivity contribution in [2.75, 3.05) is 5.73 Å². The highest BCUT2D eigenvalue weighted by molar-refractivity contribution is 6.31. The number of hydrogen-bond acceptors (Lipinski definition) is 4. The molecule has 2 rings (SSSR count). The van der Waals surface area contributed by atoms with Crippen LogP contribution in [0.15, 0.2) is 24.8 Å². The Morgan fingerprint density at radius 3 is 3.06 bits per heavy atom. The Morgan fingerprint density at radius 2 is 2.25 bits per heavy atom. The summed E-state index contributed by atoms with van der Waals surface area (Å²) in [5.41, 5.74) is 6.51. The maximum Gasteiger partial charge on any atom is 0.141 e. The lowest BCUT2D eigenvalue weighted by atomic mass is 10.1. The van der Waals surface area contributed by atoms with E-state index in [9.17, 15) is 4.39 Å². The van der Waals surface area contributed by atoms with Crippen LogP contribution >= 0.6 is 11.6 Å². The van der Waals surface area contributed by atoms with Crippen molar-refractivity contribution in [1.29, 1.82) is 0 Å². The molecule has 0 aliphatic carbocycles. The number of hydrogen-bond donors (Lipinski definition) is 1. The molecule has 16 heavy (non-hydrogen) atoms. The van der Waals surface area contributed by atoms with Crippen LogP contribution in [0.3, 0.4) is 0 Å². The van der Waals surface area contributed by atoms with E-state index in [-0.39, 0.29) is 18.5 Å². The normalized spacial score (nSPS) is 11.2. The smallest absolute Gasteiger partial charge is 0.141 e. The van der Waals surface area contributed by atoms with Crippen molar-refractivity contribution in [1.82, 2.24) is 15.0 Å². The highest BCUT2D eigenvalue weighted by Gasteiger charge is 2.07. The van der Waals surface area contributed by atoms with Gasteiger partial charge in [-0.2, -0.15) is 0 Å². The molecule has 0 aliphatic heterocycles. The van der Waals surface area contributed by atoms with E-state index in [1.54, 1.807) is 0 Å². The molecule has 0 spiro atoms. The highest BCUT2D eigenvalue weighted by atomic mass is 35.5. The van der Waals surface area contributed by atoms with E-state index >= 15 is 0 Å². The molecular formula is C10H8ClFN4. The maximum atomic E-state index is 13.0. The Morgan fingerprint density at radius 1 is 1.44 bits per heavy atom. The van der Waals surface area contributed by atoms with Crippen LogP contribution in [-0.4, -0.2) is 15.0 Å². The van der Waals surface area contributed by atoms with Gasteiger partial charge in [0.2, 0.25) is 0 Å². The maximum absolute atomic E-state index is 13.0. The van der Waals surface area contributed by atoms with Gasteiger partial charge in [0.25, 0.3) is 0 Å². The molecule has 4 nitrogen and oxygen atoms in total. The van der Waals surface area contributed by atoms with Crippen molar-refractivity contribution in [2.24, 2.45) is 0 Å². The van der Waals surface area contributed by atoms with Gasteiger partial charge in [0.15, 0.2) is 0 Å². The number of rotatable bonds is 2. The van der Waals surface area contributed by atoms with Crippen LogP contribution in [0.1, 0.15) is 12.6 Å². The molecule has 6 heteroatoms. The minimum atomic E-state index is -0.481. The summed E-state index contributed by atoms with van der Waals surface area (Å²) in [5.74, 6) is -0.266. The van der Waals surface area contributed by atoms with Crippen LogP contribution in [0, 0.1) is 5.82 Å². The zero-order valence-corrected chi connectivity index (χ0v) is 8.87. The van der Waals surface area contributed by atoms with Crippen LogP contribution in [0.2, 0.25) is 5.02 Å². The largest absolute Gasteiger partial charge is 0.383 e. The van der Waals surface area contributed by atoms with Crippen molar-refractivity contribution in [2.45, 2.75) is 6.42 Å². The minimum Gasteiger partial charge on any atom is -0.383 e. The fourth-order valence-electron chi connectivity index (χ4n) is 1.24. The number of anilines is 1. The molecular weight excluding hydrogens is 231 g/mol. The third kappa shape index (κ3) is 2.25. The Bertz CT molecular complexity index is 514. The van der Waals surface area contributed by atoms with Crippen molar-refractivity contribution in [3.05, 3.63) is 46.9 Å². The molecule has 0 atom stereocenters. The SMILES string of the molecule is [2H]c1ncc(Cl)c(Cc2cc(F)cnc2N)n1. The zero-order chi connectivity index (χ0) is 12.4. The second kappa shape index (κ2) is 4.40. The second-order valence-corrected chi connectivity index (χ2v) is 3.55. The van der Waals surface area contributed by atoms with Gasteiger partial charge in [-0.05, 0) is 6.07 Å². The fourth-order valence-corrected chi connectivity index (χ4v) is 1.40. The fraction of sp³-hybridized carbons (Fsp3) is 0.100. The Balaban J connectivity index is 2.37. The lowest BCUT2D eigenvalue weighted by molar-refractivity contribution is 0.619. The summed E-state index contributed by atoms with van der Waals surface area (Å²) in [4.78, 5) is 11.2. The minimum absolute atomic E-state index is 0.146. The first-order chi connectivity index (χ1) is 8.06. The van der Waals surface area contributed by atoms with Gasteiger partial charge in [0.1, 0.15) is 19.3 Å². The lowest BCUT2D eigenvalue weighted by Gasteiger charge is -2.05. The van der Waals surface area contributed by atoms with Gasteiger partial charge in [-0.1, -0.05) is 11.6 Å². The van der Waals surface area contributed by atoms with E-state index in [2.05, 4.69) is 15.0 Å².